The molecule has 4 rings (SSSR count). The first-order valence-corrected chi connectivity index (χ1v) is 8.91. The average Bonchev–Trinajstić information content (AvgIpc) is 3.10. The summed E-state index contributed by atoms with van der Waals surface area (Å²) in [5.74, 6) is 0.850. The second-order valence-corrected chi connectivity index (χ2v) is 6.77. The van der Waals surface area contributed by atoms with E-state index in [0.29, 0.717) is 5.56 Å². The second-order valence-electron chi connectivity index (χ2n) is 6.77. The zero-order valence-electron chi connectivity index (χ0n) is 15.4. The SMILES string of the molecule is COc1ccc2[nH]cc(C3=CCN(c4ccc([N+](=O)[O-])c(C)c4)CC3)c2c1. The number of methoxy groups -OCH3 is 1. The number of hydrogen-bond donors (Lipinski definition) is 1. The number of aromatic nitrogens is 1. The Hall–Kier alpha value is -3.28. The molecule has 1 N–H and O–H groups in total. The van der Waals surface area contributed by atoms with Crippen molar-refractivity contribution in [1.82, 2.24) is 4.98 Å². The molecule has 0 amide bonds. The highest BCUT2D eigenvalue weighted by Crippen LogP contribution is 2.33. The van der Waals surface area contributed by atoms with Gasteiger partial charge in [-0.05, 0) is 49.2 Å². The third-order valence-electron chi connectivity index (χ3n) is 5.19. The first-order chi connectivity index (χ1) is 13.1. The van der Waals surface area contributed by atoms with E-state index in [1.165, 1.54) is 16.5 Å². The number of aromatic amines is 1. The van der Waals surface area contributed by atoms with Gasteiger partial charge >= 0.3 is 0 Å². The second kappa shape index (κ2) is 6.79. The molecule has 0 saturated heterocycles. The Kier molecular flexibility index (Phi) is 4.32. The van der Waals surface area contributed by atoms with Crippen molar-refractivity contribution in [3.05, 3.63) is 69.9 Å². The van der Waals surface area contributed by atoms with Crippen molar-refractivity contribution in [2.24, 2.45) is 0 Å². The van der Waals surface area contributed by atoms with E-state index < -0.39 is 0 Å². The van der Waals surface area contributed by atoms with Gasteiger partial charge in [-0.3, -0.25) is 10.1 Å². The van der Waals surface area contributed by atoms with Gasteiger partial charge in [0, 0.05) is 53.1 Å². The van der Waals surface area contributed by atoms with Crippen LogP contribution in [0.1, 0.15) is 17.5 Å². The molecule has 2 heterocycles. The van der Waals surface area contributed by atoms with Crippen molar-refractivity contribution in [3.63, 3.8) is 0 Å². The molecule has 27 heavy (non-hydrogen) atoms. The topological polar surface area (TPSA) is 71.4 Å². The standard InChI is InChI=1S/C21H21N3O3/c1-14-11-16(3-6-21(14)24(25)26)23-9-7-15(8-10-23)19-13-22-20-5-4-17(27-2)12-18(19)20/h3-7,11-13,22H,8-10H2,1-2H3. The lowest BCUT2D eigenvalue weighted by Gasteiger charge is -2.28. The fourth-order valence-corrected chi connectivity index (χ4v) is 3.68. The van der Waals surface area contributed by atoms with Gasteiger partial charge in [-0.2, -0.15) is 0 Å². The number of benzene rings is 2. The molecule has 0 unspecified atom stereocenters. The number of ether oxygens (including phenoxy) is 1. The summed E-state index contributed by atoms with van der Waals surface area (Å²) >= 11 is 0. The molecule has 0 aliphatic carbocycles. The van der Waals surface area contributed by atoms with E-state index in [2.05, 4.69) is 28.2 Å². The van der Waals surface area contributed by atoms with Crippen LogP contribution in [0, 0.1) is 17.0 Å². The Morgan fingerprint density at radius 2 is 2.07 bits per heavy atom. The molecule has 0 fully saturated rings. The highest BCUT2D eigenvalue weighted by atomic mass is 16.6. The zero-order chi connectivity index (χ0) is 19.0. The summed E-state index contributed by atoms with van der Waals surface area (Å²) < 4.78 is 5.36. The summed E-state index contributed by atoms with van der Waals surface area (Å²) in [7, 11) is 1.68. The van der Waals surface area contributed by atoms with Crippen molar-refractivity contribution < 1.29 is 9.66 Å². The third kappa shape index (κ3) is 3.14. The molecule has 0 saturated carbocycles. The lowest BCUT2D eigenvalue weighted by atomic mass is 9.98. The van der Waals surface area contributed by atoms with Gasteiger partial charge in [0.2, 0.25) is 0 Å². The van der Waals surface area contributed by atoms with Crippen LogP contribution in [-0.4, -0.2) is 30.1 Å². The van der Waals surface area contributed by atoms with Gasteiger partial charge in [0.25, 0.3) is 5.69 Å². The van der Waals surface area contributed by atoms with Crippen LogP contribution >= 0.6 is 0 Å². The summed E-state index contributed by atoms with van der Waals surface area (Å²) in [6.45, 7) is 3.44. The highest BCUT2D eigenvalue weighted by Gasteiger charge is 2.18. The Morgan fingerprint density at radius 3 is 2.74 bits per heavy atom. The largest absolute Gasteiger partial charge is 0.497 e. The number of anilines is 1. The number of aryl methyl sites for hydroxylation is 1. The van der Waals surface area contributed by atoms with Gasteiger partial charge in [-0.1, -0.05) is 6.08 Å². The Labute approximate surface area is 157 Å². The number of rotatable bonds is 4. The zero-order valence-corrected chi connectivity index (χ0v) is 15.4. The van der Waals surface area contributed by atoms with Gasteiger partial charge in [-0.25, -0.2) is 0 Å². The van der Waals surface area contributed by atoms with Crippen LogP contribution in [-0.2, 0) is 0 Å². The van der Waals surface area contributed by atoms with Gasteiger partial charge in [0.05, 0.1) is 12.0 Å². The molecule has 1 aliphatic rings. The minimum absolute atomic E-state index is 0.166. The number of nitrogens with zero attached hydrogens (tertiary/aromatic N) is 2. The maximum Gasteiger partial charge on any atom is 0.272 e. The summed E-state index contributed by atoms with van der Waals surface area (Å²) in [5, 5.41) is 12.2. The van der Waals surface area contributed by atoms with E-state index in [4.69, 9.17) is 4.74 Å². The molecule has 6 heteroatoms. The molecular weight excluding hydrogens is 342 g/mol. The summed E-state index contributed by atoms with van der Waals surface area (Å²) in [6.07, 6.45) is 5.21. The van der Waals surface area contributed by atoms with Crippen molar-refractivity contribution >= 4 is 27.9 Å². The molecule has 2 aromatic carbocycles. The van der Waals surface area contributed by atoms with Crippen LogP contribution < -0.4 is 9.64 Å². The number of hydrogen-bond acceptors (Lipinski definition) is 4. The highest BCUT2D eigenvalue weighted by molar-refractivity contribution is 5.94. The monoisotopic (exact) mass is 363 g/mol. The third-order valence-corrected chi connectivity index (χ3v) is 5.19. The molecule has 3 aromatic rings. The van der Waals surface area contributed by atoms with Crippen molar-refractivity contribution in [3.8, 4) is 5.75 Å². The number of H-pyrrole nitrogens is 1. The molecule has 6 nitrogen and oxygen atoms in total. The van der Waals surface area contributed by atoms with Crippen LogP contribution in [0.15, 0.2) is 48.7 Å². The minimum Gasteiger partial charge on any atom is -0.497 e. The molecule has 0 bridgehead atoms. The molecule has 1 aliphatic heterocycles. The van der Waals surface area contributed by atoms with Gasteiger partial charge in [0.1, 0.15) is 5.75 Å². The van der Waals surface area contributed by atoms with E-state index in [0.717, 1.165) is 36.5 Å². The number of nitro groups is 1. The van der Waals surface area contributed by atoms with E-state index in [-0.39, 0.29) is 10.6 Å². The fourth-order valence-electron chi connectivity index (χ4n) is 3.68. The summed E-state index contributed by atoms with van der Waals surface area (Å²) in [6, 6.07) is 11.4. The molecule has 0 spiro atoms. The maximum absolute atomic E-state index is 11.0. The number of fused-ring (bicyclic) bond motifs is 1. The normalized spacial score (nSPS) is 14.3. The molecule has 1 aromatic heterocycles. The predicted octanol–water partition coefficient (Wildman–Crippen LogP) is 4.69. The molecular formula is C21H21N3O3. The lowest BCUT2D eigenvalue weighted by Crippen LogP contribution is -2.28. The van der Waals surface area contributed by atoms with E-state index in [1.54, 1.807) is 20.1 Å². The van der Waals surface area contributed by atoms with Gasteiger partial charge in [0.15, 0.2) is 0 Å². The van der Waals surface area contributed by atoms with E-state index >= 15 is 0 Å². The minimum atomic E-state index is -0.335. The smallest absolute Gasteiger partial charge is 0.272 e. The van der Waals surface area contributed by atoms with Crippen LogP contribution in [0.25, 0.3) is 16.5 Å². The fraction of sp³-hybridized carbons (Fsp3) is 0.238. The van der Waals surface area contributed by atoms with Crippen LogP contribution in [0.4, 0.5) is 11.4 Å². The van der Waals surface area contributed by atoms with Gasteiger partial charge < -0.3 is 14.6 Å². The first kappa shape index (κ1) is 17.1. The maximum atomic E-state index is 11.0. The van der Waals surface area contributed by atoms with Crippen LogP contribution in [0.3, 0.4) is 0 Å². The Morgan fingerprint density at radius 1 is 1.22 bits per heavy atom. The Balaban J connectivity index is 1.59. The van der Waals surface area contributed by atoms with Crippen LogP contribution in [0.2, 0.25) is 0 Å². The summed E-state index contributed by atoms with van der Waals surface area (Å²) in [4.78, 5) is 16.2. The van der Waals surface area contributed by atoms with Crippen molar-refractivity contribution in [2.45, 2.75) is 13.3 Å². The van der Waals surface area contributed by atoms with Crippen molar-refractivity contribution in [2.75, 3.05) is 25.1 Å². The molecule has 138 valence electrons. The Bertz CT molecular complexity index is 1050. The average molecular weight is 363 g/mol. The van der Waals surface area contributed by atoms with Crippen LogP contribution in [0.5, 0.6) is 5.75 Å². The molecule has 0 atom stereocenters. The van der Waals surface area contributed by atoms with E-state index in [1.807, 2.05) is 24.3 Å². The van der Waals surface area contributed by atoms with E-state index in [9.17, 15) is 10.1 Å². The lowest BCUT2D eigenvalue weighted by molar-refractivity contribution is -0.385. The molecule has 0 radical (unpaired) electrons. The van der Waals surface area contributed by atoms with Crippen molar-refractivity contribution in [1.29, 1.82) is 0 Å². The summed E-state index contributed by atoms with van der Waals surface area (Å²) in [5.41, 5.74) is 5.50. The van der Waals surface area contributed by atoms with Gasteiger partial charge in [-0.15, -0.1) is 0 Å². The first-order valence-electron chi connectivity index (χ1n) is 8.91. The quantitative estimate of drug-likeness (QED) is 0.539. The predicted molar refractivity (Wildman–Crippen MR) is 107 cm³/mol. The number of nitrogens with one attached hydrogen (secondary N) is 1. The number of nitro benzene ring substituents is 1.